The van der Waals surface area contributed by atoms with Crippen molar-refractivity contribution in [3.63, 3.8) is 0 Å². The molecule has 1 amide bonds. The summed E-state index contributed by atoms with van der Waals surface area (Å²) in [6.45, 7) is 0. The van der Waals surface area contributed by atoms with Gasteiger partial charge >= 0.3 is 0 Å². The summed E-state index contributed by atoms with van der Waals surface area (Å²) < 4.78 is 12.7. The van der Waals surface area contributed by atoms with Crippen molar-refractivity contribution in [2.75, 3.05) is 20.0 Å². The van der Waals surface area contributed by atoms with Crippen LogP contribution in [-0.4, -0.2) is 52.0 Å². The van der Waals surface area contributed by atoms with Crippen molar-refractivity contribution in [1.82, 2.24) is 20.2 Å². The van der Waals surface area contributed by atoms with Gasteiger partial charge < -0.3 is 14.6 Å². The van der Waals surface area contributed by atoms with E-state index < -0.39 is 0 Å². The molecule has 2 N–H and O–H groups in total. The Morgan fingerprint density at radius 1 is 0.974 bits per heavy atom. The number of carbonyl (C=O) groups excluding carboxylic acids is 1. The van der Waals surface area contributed by atoms with Gasteiger partial charge in [-0.05, 0) is 47.2 Å². The quantitative estimate of drug-likeness (QED) is 0.153. The summed E-state index contributed by atoms with van der Waals surface area (Å²) in [6, 6.07) is 26.3. The average molecular weight is 540 g/mol. The average Bonchev–Trinajstić information content (AvgIpc) is 3.41. The molecule has 5 aromatic rings. The minimum absolute atomic E-state index is 0.0513. The standard InChI is InChI=1S/C29H25N5O4S/c1-37-25-15-13-20(16-26(25)38-2)28-32-33-29(34(28)21-9-4-3-5-10-21)39-18-27(36)31-30-17-23-22-11-7-6-8-19(22)12-14-24(23)35/h3-17,35H,18H2,1-2H3,(H,31,36)/b30-17-. The van der Waals surface area contributed by atoms with Gasteiger partial charge in [0.15, 0.2) is 22.5 Å². The molecular weight excluding hydrogens is 514 g/mol. The molecule has 0 aliphatic rings. The van der Waals surface area contributed by atoms with E-state index in [0.29, 0.717) is 28.0 Å². The van der Waals surface area contributed by atoms with Crippen LogP contribution < -0.4 is 14.9 Å². The van der Waals surface area contributed by atoms with Crippen LogP contribution >= 0.6 is 11.8 Å². The molecule has 0 unspecified atom stereocenters. The molecule has 0 atom stereocenters. The smallest absolute Gasteiger partial charge is 0.250 e. The second-order valence-corrected chi connectivity index (χ2v) is 9.29. The van der Waals surface area contributed by atoms with Crippen LogP contribution in [0.3, 0.4) is 0 Å². The maximum atomic E-state index is 12.6. The van der Waals surface area contributed by atoms with Crippen molar-refractivity contribution in [2.24, 2.45) is 5.10 Å². The third kappa shape index (κ3) is 5.55. The first-order chi connectivity index (χ1) is 19.1. The molecule has 5 rings (SSSR count). The number of rotatable bonds is 9. The zero-order valence-corrected chi connectivity index (χ0v) is 22.1. The molecule has 9 nitrogen and oxygen atoms in total. The molecular formula is C29H25N5O4S. The fourth-order valence-electron chi connectivity index (χ4n) is 4.09. The van der Waals surface area contributed by atoms with Gasteiger partial charge in [0.25, 0.3) is 5.91 Å². The Hall–Kier alpha value is -4.83. The highest BCUT2D eigenvalue weighted by molar-refractivity contribution is 7.99. The van der Waals surface area contributed by atoms with Crippen LogP contribution in [0.25, 0.3) is 27.8 Å². The van der Waals surface area contributed by atoms with E-state index in [1.54, 1.807) is 20.3 Å². The predicted molar refractivity (Wildman–Crippen MR) is 152 cm³/mol. The molecule has 0 spiro atoms. The van der Waals surface area contributed by atoms with Crippen LogP contribution in [0.5, 0.6) is 17.2 Å². The van der Waals surface area contributed by atoms with Crippen LogP contribution in [0.4, 0.5) is 0 Å². The Labute approximate surface area is 229 Å². The number of aromatic nitrogens is 3. The zero-order chi connectivity index (χ0) is 27.2. The number of amides is 1. The summed E-state index contributed by atoms with van der Waals surface area (Å²) in [5, 5.41) is 25.5. The third-order valence-electron chi connectivity index (χ3n) is 5.95. The van der Waals surface area contributed by atoms with E-state index in [4.69, 9.17) is 9.47 Å². The van der Waals surface area contributed by atoms with E-state index in [1.165, 1.54) is 18.0 Å². The highest BCUT2D eigenvalue weighted by atomic mass is 32.2. The van der Waals surface area contributed by atoms with Crippen LogP contribution in [0, 0.1) is 0 Å². The SMILES string of the molecule is COc1ccc(-c2nnc(SCC(=O)N/N=C\c3c(O)ccc4ccccc34)n2-c2ccccc2)cc1OC. The first-order valence-electron chi connectivity index (χ1n) is 12.0. The van der Waals surface area contributed by atoms with E-state index in [0.717, 1.165) is 22.0 Å². The van der Waals surface area contributed by atoms with E-state index in [1.807, 2.05) is 83.4 Å². The van der Waals surface area contributed by atoms with Gasteiger partial charge in [-0.15, -0.1) is 10.2 Å². The van der Waals surface area contributed by atoms with Crippen molar-refractivity contribution in [3.05, 3.63) is 90.5 Å². The topological polar surface area (TPSA) is 111 Å². The van der Waals surface area contributed by atoms with Gasteiger partial charge in [-0.3, -0.25) is 9.36 Å². The second-order valence-electron chi connectivity index (χ2n) is 8.35. The number of benzene rings is 4. The van der Waals surface area contributed by atoms with Gasteiger partial charge in [-0.1, -0.05) is 60.3 Å². The number of ether oxygens (including phenoxy) is 2. The molecule has 1 aromatic heterocycles. The molecule has 0 aliphatic carbocycles. The Morgan fingerprint density at radius 2 is 1.74 bits per heavy atom. The monoisotopic (exact) mass is 539 g/mol. The molecule has 196 valence electrons. The molecule has 0 fully saturated rings. The summed E-state index contributed by atoms with van der Waals surface area (Å²) in [6.07, 6.45) is 1.45. The highest BCUT2D eigenvalue weighted by Gasteiger charge is 2.19. The Morgan fingerprint density at radius 3 is 2.54 bits per heavy atom. The molecule has 0 aliphatic heterocycles. The Balaban J connectivity index is 1.35. The Kier molecular flexibility index (Phi) is 7.74. The molecule has 0 saturated heterocycles. The predicted octanol–water partition coefficient (Wildman–Crippen LogP) is 5.05. The van der Waals surface area contributed by atoms with Crippen LogP contribution in [-0.2, 0) is 4.79 Å². The van der Waals surface area contributed by atoms with E-state index >= 15 is 0 Å². The minimum Gasteiger partial charge on any atom is -0.507 e. The molecule has 10 heteroatoms. The van der Waals surface area contributed by atoms with Gasteiger partial charge in [0.1, 0.15) is 5.75 Å². The van der Waals surface area contributed by atoms with Crippen molar-refractivity contribution < 1.29 is 19.4 Å². The van der Waals surface area contributed by atoms with Crippen molar-refractivity contribution >= 4 is 34.7 Å². The highest BCUT2D eigenvalue weighted by Crippen LogP contribution is 2.34. The van der Waals surface area contributed by atoms with Crippen LogP contribution in [0.15, 0.2) is 95.2 Å². The minimum atomic E-state index is -0.328. The lowest BCUT2D eigenvalue weighted by molar-refractivity contribution is -0.118. The van der Waals surface area contributed by atoms with Crippen LogP contribution in [0.1, 0.15) is 5.56 Å². The second kappa shape index (κ2) is 11.7. The number of hydrogen-bond acceptors (Lipinski definition) is 8. The number of methoxy groups -OCH3 is 2. The number of nitrogens with zero attached hydrogens (tertiary/aromatic N) is 4. The van der Waals surface area contributed by atoms with Gasteiger partial charge in [0, 0.05) is 16.8 Å². The maximum Gasteiger partial charge on any atom is 0.250 e. The molecule has 1 heterocycles. The number of aromatic hydroxyl groups is 1. The lowest BCUT2D eigenvalue weighted by atomic mass is 10.0. The maximum absolute atomic E-state index is 12.6. The number of hydrazone groups is 1. The van der Waals surface area contributed by atoms with Crippen molar-refractivity contribution in [3.8, 4) is 34.3 Å². The molecule has 0 bridgehead atoms. The number of phenolic OH excluding ortho intramolecular Hbond substituents is 1. The molecule has 39 heavy (non-hydrogen) atoms. The fraction of sp³-hybridized carbons (Fsp3) is 0.103. The molecule has 4 aromatic carbocycles. The van der Waals surface area contributed by atoms with Gasteiger partial charge in [-0.25, -0.2) is 5.43 Å². The summed E-state index contributed by atoms with van der Waals surface area (Å²) in [7, 11) is 3.16. The summed E-state index contributed by atoms with van der Waals surface area (Å²) in [5.41, 5.74) is 4.69. The first-order valence-corrected chi connectivity index (χ1v) is 13.0. The summed E-state index contributed by atoms with van der Waals surface area (Å²) in [5.74, 6) is 1.58. The number of phenols is 1. The number of fused-ring (bicyclic) bond motifs is 1. The number of para-hydroxylation sites is 1. The van der Waals surface area contributed by atoms with Gasteiger partial charge in [0.2, 0.25) is 0 Å². The first kappa shape index (κ1) is 25.8. The number of nitrogens with one attached hydrogen (secondary N) is 1. The normalized spacial score (nSPS) is 11.1. The Bertz CT molecular complexity index is 1650. The van der Waals surface area contributed by atoms with Crippen molar-refractivity contribution in [2.45, 2.75) is 5.16 Å². The van der Waals surface area contributed by atoms with Gasteiger partial charge in [-0.2, -0.15) is 5.10 Å². The number of hydrogen-bond donors (Lipinski definition) is 2. The third-order valence-corrected chi connectivity index (χ3v) is 6.88. The zero-order valence-electron chi connectivity index (χ0n) is 21.2. The lowest BCUT2D eigenvalue weighted by Crippen LogP contribution is -2.20. The number of carbonyl (C=O) groups is 1. The largest absolute Gasteiger partial charge is 0.507 e. The van der Waals surface area contributed by atoms with E-state index in [9.17, 15) is 9.90 Å². The number of thioether (sulfide) groups is 1. The van der Waals surface area contributed by atoms with Gasteiger partial charge in [0.05, 0.1) is 26.2 Å². The molecule has 0 radical (unpaired) electrons. The van der Waals surface area contributed by atoms with Crippen molar-refractivity contribution in [1.29, 1.82) is 0 Å². The van der Waals surface area contributed by atoms with E-state index in [-0.39, 0.29) is 17.4 Å². The summed E-state index contributed by atoms with van der Waals surface area (Å²) in [4.78, 5) is 12.6. The molecule has 0 saturated carbocycles. The van der Waals surface area contributed by atoms with Crippen LogP contribution in [0.2, 0.25) is 0 Å². The van der Waals surface area contributed by atoms with E-state index in [2.05, 4.69) is 20.7 Å². The summed E-state index contributed by atoms with van der Waals surface area (Å²) >= 11 is 1.23. The fourth-order valence-corrected chi connectivity index (χ4v) is 4.83. The lowest BCUT2D eigenvalue weighted by Gasteiger charge is -2.12.